The van der Waals surface area contributed by atoms with Gasteiger partial charge in [-0.25, -0.2) is 26.0 Å². The van der Waals surface area contributed by atoms with Crippen LogP contribution in [0.25, 0.3) is 22.0 Å². The summed E-state index contributed by atoms with van der Waals surface area (Å²) in [5, 5.41) is 10.4. The number of hydrogen-bond donors (Lipinski definition) is 1. The zero-order valence-electron chi connectivity index (χ0n) is 32.7. The number of halogens is 10. The maximum Gasteiger partial charge on any atom is 0.435 e. The Balaban J connectivity index is 1.26. The molecule has 3 aliphatic rings. The molecule has 20 heteroatoms. The van der Waals surface area contributed by atoms with Gasteiger partial charge in [0.05, 0.1) is 38.0 Å². The topological polar surface area (TPSA) is 112 Å². The van der Waals surface area contributed by atoms with E-state index in [0.717, 1.165) is 16.8 Å². The minimum Gasteiger partial charge on any atom is -0.346 e. The summed E-state index contributed by atoms with van der Waals surface area (Å²) in [4.78, 5) is 18.9. The molecular formula is C41H38ClF9N6O3S. The van der Waals surface area contributed by atoms with Gasteiger partial charge in [0.2, 0.25) is 5.91 Å². The van der Waals surface area contributed by atoms with Gasteiger partial charge in [0.25, 0.3) is 12.3 Å². The number of carbonyl (C=O) groups excluding carboxylic acids is 1. The Bertz CT molecular complexity index is 2670. The van der Waals surface area contributed by atoms with E-state index in [-0.39, 0.29) is 52.2 Å². The molecule has 0 spiro atoms. The number of carbonyl (C=O) groups is 1. The molecule has 0 bridgehead atoms. The van der Waals surface area contributed by atoms with E-state index in [1.165, 1.54) is 12.1 Å². The zero-order valence-corrected chi connectivity index (χ0v) is 34.3. The molecule has 3 aromatic heterocycles. The first-order valence-corrected chi connectivity index (χ1v) is 21.4. The third-order valence-electron chi connectivity index (χ3n) is 11.8. The van der Waals surface area contributed by atoms with Crippen molar-refractivity contribution in [3.63, 3.8) is 0 Å². The normalized spacial score (nSPS) is 19.0. The highest BCUT2D eigenvalue weighted by atomic mass is 35.5. The van der Waals surface area contributed by atoms with E-state index in [1.54, 1.807) is 32.9 Å². The molecule has 3 atom stereocenters. The van der Waals surface area contributed by atoms with Crippen molar-refractivity contribution in [2.24, 2.45) is 5.92 Å². The van der Waals surface area contributed by atoms with Gasteiger partial charge in [-0.2, -0.15) is 32.1 Å². The third kappa shape index (κ3) is 7.88. The van der Waals surface area contributed by atoms with E-state index in [2.05, 4.69) is 15.5 Å². The number of nitrogens with zero attached hydrogens (tertiary/aromatic N) is 5. The van der Waals surface area contributed by atoms with Gasteiger partial charge in [-0.1, -0.05) is 23.7 Å². The van der Waals surface area contributed by atoms with E-state index in [9.17, 15) is 43.9 Å². The molecule has 3 aliphatic carbocycles. The first-order chi connectivity index (χ1) is 28.5. The highest BCUT2D eigenvalue weighted by Crippen LogP contribution is 2.68. The molecular weight excluding hydrogens is 863 g/mol. The lowest BCUT2D eigenvalue weighted by molar-refractivity contribution is -0.142. The Morgan fingerprint density at radius 2 is 1.67 bits per heavy atom. The summed E-state index contributed by atoms with van der Waals surface area (Å²) < 4.78 is 157. The molecule has 3 heterocycles. The second-order valence-corrected chi connectivity index (χ2v) is 19.9. The molecule has 0 radical (unpaired) electrons. The number of sulfone groups is 1. The SMILES string of the molecule is Cc1nn(CC(F)F)c2c(-c3ccc(CCC(C)(C)S(=O)(=O)C4CC4)nc3[C@H](Cc3cc(F)cc(F)c3)NC(=O)Cn3nc(C(F)(F)F)c4c3C(F)(F)[C@@H]3C[C@H]43)ccc(Cl)c12. The van der Waals surface area contributed by atoms with Gasteiger partial charge in [-0.05, 0) is 95.0 Å². The second-order valence-electron chi connectivity index (χ2n) is 16.7. The van der Waals surface area contributed by atoms with Crippen LogP contribution in [0.5, 0.6) is 0 Å². The number of pyridine rings is 1. The largest absolute Gasteiger partial charge is 0.435 e. The summed E-state index contributed by atoms with van der Waals surface area (Å²) in [6.45, 7) is 2.78. The Kier molecular flexibility index (Phi) is 10.6. The fraction of sp³-hybridized carbons (Fsp3) is 0.463. The maximum absolute atomic E-state index is 15.5. The predicted octanol–water partition coefficient (Wildman–Crippen LogP) is 9.42. The Labute approximate surface area is 348 Å². The molecule has 5 aromatic rings. The molecule has 9 nitrogen and oxygen atoms in total. The number of aryl methyl sites for hydroxylation is 2. The Hall–Kier alpha value is -4.65. The van der Waals surface area contributed by atoms with Crippen LogP contribution >= 0.6 is 11.6 Å². The molecule has 0 aliphatic heterocycles. The average Bonchev–Trinajstić information content (AvgIpc) is 4.07. The van der Waals surface area contributed by atoms with Crippen LogP contribution in [0.15, 0.2) is 42.5 Å². The van der Waals surface area contributed by atoms with E-state index in [1.807, 2.05) is 0 Å². The van der Waals surface area contributed by atoms with Crippen molar-refractivity contribution in [3.8, 4) is 11.1 Å². The summed E-state index contributed by atoms with van der Waals surface area (Å²) in [7, 11) is -3.54. The number of benzene rings is 2. The van der Waals surface area contributed by atoms with E-state index >= 15 is 8.78 Å². The number of alkyl halides is 7. The fourth-order valence-corrected chi connectivity index (χ4v) is 11.0. The van der Waals surface area contributed by atoms with Gasteiger partial charge in [-0.3, -0.25) is 19.1 Å². The molecule has 2 saturated carbocycles. The lowest BCUT2D eigenvalue weighted by atomic mass is 9.93. The summed E-state index contributed by atoms with van der Waals surface area (Å²) in [5.74, 6) is -9.25. The van der Waals surface area contributed by atoms with Gasteiger partial charge in [-0.15, -0.1) is 0 Å². The van der Waals surface area contributed by atoms with Gasteiger partial charge >= 0.3 is 6.18 Å². The molecule has 1 N–H and O–H groups in total. The first-order valence-electron chi connectivity index (χ1n) is 19.5. The summed E-state index contributed by atoms with van der Waals surface area (Å²) in [6.07, 6.45) is -7.32. The maximum atomic E-state index is 15.5. The summed E-state index contributed by atoms with van der Waals surface area (Å²) in [6, 6.07) is 7.23. The number of rotatable bonds is 14. The van der Waals surface area contributed by atoms with Crippen molar-refractivity contribution < 1.29 is 52.7 Å². The Morgan fingerprint density at radius 3 is 2.31 bits per heavy atom. The van der Waals surface area contributed by atoms with Gasteiger partial charge in [0.1, 0.15) is 30.4 Å². The predicted molar refractivity (Wildman–Crippen MR) is 206 cm³/mol. The number of hydrogen-bond acceptors (Lipinski definition) is 6. The van der Waals surface area contributed by atoms with Crippen LogP contribution in [-0.2, 0) is 52.7 Å². The highest BCUT2D eigenvalue weighted by Gasteiger charge is 2.68. The van der Waals surface area contributed by atoms with Crippen LogP contribution in [0, 0.1) is 24.5 Å². The lowest BCUT2D eigenvalue weighted by Gasteiger charge is -2.26. The van der Waals surface area contributed by atoms with Crippen LogP contribution in [-0.4, -0.2) is 55.3 Å². The second kappa shape index (κ2) is 15.0. The van der Waals surface area contributed by atoms with Crippen molar-refractivity contribution in [2.45, 2.75) is 113 Å². The lowest BCUT2D eigenvalue weighted by Crippen LogP contribution is -2.36. The molecule has 0 unspecified atom stereocenters. The fourth-order valence-electron chi connectivity index (χ4n) is 8.64. The van der Waals surface area contributed by atoms with Crippen molar-refractivity contribution in [3.05, 3.63) is 98.7 Å². The summed E-state index contributed by atoms with van der Waals surface area (Å²) in [5.41, 5.74) is -2.10. The van der Waals surface area contributed by atoms with Crippen molar-refractivity contribution in [1.29, 1.82) is 0 Å². The zero-order chi connectivity index (χ0) is 44.1. The molecule has 2 fully saturated rings. The smallest absolute Gasteiger partial charge is 0.346 e. The minimum atomic E-state index is -5.10. The number of fused-ring (bicyclic) bond motifs is 4. The molecule has 0 saturated heterocycles. The quantitative estimate of drug-likeness (QED) is 0.111. The monoisotopic (exact) mass is 900 g/mol. The van der Waals surface area contributed by atoms with Crippen molar-refractivity contribution in [1.82, 2.24) is 29.9 Å². The standard InChI is InChI=1S/C41H38ClF9N6O3S/c1-19-33-29(42)9-8-26(36(33)56(54-19)17-31(45)46)25-7-4-23(10-11-39(2,3)61(59,60)24-5-6-24)52-35(25)30(14-20-12-21(43)15-22(44)13-20)53-32(58)18-57-38-34(37(55-57)41(49,50)51)27-16-28(27)40(38,47)48/h4,7-9,12-13,15,24,27-28,30-31H,5-6,10-11,14,16-18H2,1-3H3,(H,53,58)/t27-,28+,30-/m0/s1. The van der Waals surface area contributed by atoms with Gasteiger partial charge < -0.3 is 5.32 Å². The summed E-state index contributed by atoms with van der Waals surface area (Å²) >= 11 is 6.57. The van der Waals surface area contributed by atoms with Crippen molar-refractivity contribution in [2.75, 3.05) is 0 Å². The number of aromatic nitrogens is 5. The van der Waals surface area contributed by atoms with Gasteiger partial charge in [0, 0.05) is 39.8 Å². The molecule has 326 valence electrons. The molecule has 1 amide bonds. The van der Waals surface area contributed by atoms with E-state index in [4.69, 9.17) is 16.6 Å². The van der Waals surface area contributed by atoms with Crippen LogP contribution in [0.4, 0.5) is 39.5 Å². The Morgan fingerprint density at radius 1 is 1.00 bits per heavy atom. The molecule has 61 heavy (non-hydrogen) atoms. The number of nitrogens with one attached hydrogen (secondary N) is 1. The molecule has 2 aromatic carbocycles. The van der Waals surface area contributed by atoms with Crippen molar-refractivity contribution >= 4 is 38.2 Å². The van der Waals surface area contributed by atoms with Crippen LogP contribution in [0.3, 0.4) is 0 Å². The number of amides is 1. The minimum absolute atomic E-state index is 0.0246. The average molecular weight is 901 g/mol. The van der Waals surface area contributed by atoms with E-state index in [0.29, 0.717) is 40.4 Å². The van der Waals surface area contributed by atoms with Crippen LogP contribution < -0.4 is 5.32 Å². The molecule has 8 rings (SSSR count). The van der Waals surface area contributed by atoms with E-state index < -0.39 is 110 Å². The first kappa shape index (κ1) is 43.0. The highest BCUT2D eigenvalue weighted by molar-refractivity contribution is 7.93. The van der Waals surface area contributed by atoms with Crippen LogP contribution in [0.1, 0.15) is 91.1 Å². The van der Waals surface area contributed by atoms with Crippen LogP contribution in [0.2, 0.25) is 5.02 Å². The van der Waals surface area contributed by atoms with Gasteiger partial charge in [0.15, 0.2) is 15.5 Å². The third-order valence-corrected chi connectivity index (χ3v) is 15.2.